The van der Waals surface area contributed by atoms with Crippen LogP contribution in [0.2, 0.25) is 0 Å². The second-order valence-electron chi connectivity index (χ2n) is 9.15. The molecule has 7 nitrogen and oxygen atoms in total. The van der Waals surface area contributed by atoms with Gasteiger partial charge >= 0.3 is 0 Å². The molecular weight excluding hydrogens is 446 g/mol. The minimum atomic E-state index is -0.948. The Balaban J connectivity index is 1.12. The summed E-state index contributed by atoms with van der Waals surface area (Å²) in [5, 5.41) is 14.3. The molecule has 5 rings (SSSR count). The SMILES string of the molecule is O=C(Cc1ccccc1)N1CCC(O)(c2csc(CN3CCN(c4ccccn4)CC3)n2)CC1. The number of anilines is 1. The highest BCUT2D eigenvalue weighted by Crippen LogP contribution is 2.34. The van der Waals surface area contributed by atoms with Crippen molar-refractivity contribution in [3.8, 4) is 0 Å². The van der Waals surface area contributed by atoms with E-state index in [0.29, 0.717) is 32.4 Å². The second-order valence-corrected chi connectivity index (χ2v) is 10.1. The molecule has 2 aromatic heterocycles. The van der Waals surface area contributed by atoms with Crippen molar-refractivity contribution in [2.24, 2.45) is 0 Å². The lowest BCUT2D eigenvalue weighted by atomic mass is 9.88. The lowest BCUT2D eigenvalue weighted by Crippen LogP contribution is -2.46. The summed E-state index contributed by atoms with van der Waals surface area (Å²) >= 11 is 1.62. The zero-order valence-corrected chi connectivity index (χ0v) is 20.2. The summed E-state index contributed by atoms with van der Waals surface area (Å²) < 4.78 is 0. The molecule has 1 aromatic carbocycles. The summed E-state index contributed by atoms with van der Waals surface area (Å²) in [6.45, 7) is 5.76. The van der Waals surface area contributed by atoms with Crippen LogP contribution in [0.15, 0.2) is 60.1 Å². The molecule has 2 saturated heterocycles. The summed E-state index contributed by atoms with van der Waals surface area (Å²) in [5.74, 6) is 1.16. The Morgan fingerprint density at radius 1 is 0.971 bits per heavy atom. The van der Waals surface area contributed by atoms with Crippen LogP contribution < -0.4 is 4.90 Å². The first-order chi connectivity index (χ1) is 16.6. The molecule has 0 atom stereocenters. The number of hydrogen-bond donors (Lipinski definition) is 1. The molecule has 1 amide bonds. The van der Waals surface area contributed by atoms with Crippen molar-refractivity contribution in [1.82, 2.24) is 19.8 Å². The van der Waals surface area contributed by atoms with E-state index in [0.717, 1.165) is 54.8 Å². The Hall–Kier alpha value is -2.81. The van der Waals surface area contributed by atoms with Crippen LogP contribution in [0.5, 0.6) is 0 Å². The van der Waals surface area contributed by atoms with Gasteiger partial charge in [-0.05, 0) is 30.5 Å². The minimum absolute atomic E-state index is 0.122. The van der Waals surface area contributed by atoms with Gasteiger partial charge in [0.05, 0.1) is 18.7 Å². The predicted molar refractivity (Wildman–Crippen MR) is 134 cm³/mol. The molecule has 0 radical (unpaired) electrons. The topological polar surface area (TPSA) is 72.8 Å². The van der Waals surface area contributed by atoms with Crippen molar-refractivity contribution in [2.45, 2.75) is 31.4 Å². The molecule has 1 N–H and O–H groups in total. The van der Waals surface area contributed by atoms with Gasteiger partial charge in [-0.3, -0.25) is 9.69 Å². The fourth-order valence-corrected chi connectivity index (χ4v) is 5.66. The molecule has 0 bridgehead atoms. The van der Waals surface area contributed by atoms with Crippen LogP contribution in [0.1, 0.15) is 29.1 Å². The summed E-state index contributed by atoms with van der Waals surface area (Å²) in [6.07, 6.45) is 3.31. The Morgan fingerprint density at radius 3 is 2.41 bits per heavy atom. The Kier molecular flexibility index (Phi) is 6.89. The number of pyridine rings is 1. The Morgan fingerprint density at radius 2 is 1.71 bits per heavy atom. The van der Waals surface area contributed by atoms with Crippen LogP contribution in [-0.4, -0.2) is 70.1 Å². The number of carbonyl (C=O) groups is 1. The third-order valence-corrected chi connectivity index (χ3v) is 7.71. The van der Waals surface area contributed by atoms with E-state index in [-0.39, 0.29) is 5.91 Å². The molecular formula is C26H31N5O2S. The van der Waals surface area contributed by atoms with Crippen LogP contribution in [0, 0.1) is 0 Å². The monoisotopic (exact) mass is 477 g/mol. The van der Waals surface area contributed by atoms with Crippen molar-refractivity contribution in [1.29, 1.82) is 0 Å². The number of thiazole rings is 1. The number of piperidine rings is 1. The summed E-state index contributed by atoms with van der Waals surface area (Å²) in [4.78, 5) is 28.5. The zero-order valence-electron chi connectivity index (χ0n) is 19.3. The van der Waals surface area contributed by atoms with E-state index in [9.17, 15) is 9.90 Å². The molecule has 0 spiro atoms. The molecule has 2 aliphatic rings. The number of rotatable bonds is 6. The molecule has 0 unspecified atom stereocenters. The van der Waals surface area contributed by atoms with Gasteiger partial charge in [-0.1, -0.05) is 36.4 Å². The Bertz CT molecular complexity index is 1070. The van der Waals surface area contributed by atoms with Crippen molar-refractivity contribution < 1.29 is 9.90 Å². The standard InChI is InChI=1S/C26H31N5O2S/c32-25(18-21-6-2-1-3-7-21)31-12-9-26(33,10-13-31)22-20-34-24(28-22)19-29-14-16-30(17-15-29)23-8-4-5-11-27-23/h1-8,11,20,33H,9-10,12-19H2. The van der Waals surface area contributed by atoms with Crippen molar-refractivity contribution >= 4 is 23.1 Å². The van der Waals surface area contributed by atoms with Crippen molar-refractivity contribution in [3.63, 3.8) is 0 Å². The van der Waals surface area contributed by atoms with Crippen LogP contribution in [0.3, 0.4) is 0 Å². The van der Waals surface area contributed by atoms with Gasteiger partial charge in [-0.2, -0.15) is 0 Å². The summed E-state index contributed by atoms with van der Waals surface area (Å²) in [6, 6.07) is 15.9. The zero-order chi connectivity index (χ0) is 23.4. The molecule has 8 heteroatoms. The molecule has 2 fully saturated rings. The van der Waals surface area contributed by atoms with Gasteiger partial charge in [-0.15, -0.1) is 11.3 Å². The molecule has 4 heterocycles. The average Bonchev–Trinajstić information content (AvgIpc) is 3.35. The largest absolute Gasteiger partial charge is 0.383 e. The first-order valence-corrected chi connectivity index (χ1v) is 12.8. The quantitative estimate of drug-likeness (QED) is 0.589. The number of likely N-dealkylation sites (tertiary alicyclic amines) is 1. The maximum atomic E-state index is 12.7. The maximum Gasteiger partial charge on any atom is 0.226 e. The number of carbonyl (C=O) groups excluding carboxylic acids is 1. The van der Waals surface area contributed by atoms with E-state index in [4.69, 9.17) is 4.98 Å². The predicted octanol–water partition coefficient (Wildman–Crippen LogP) is 2.91. The number of aliphatic hydroxyl groups is 1. The fraction of sp³-hybridized carbons (Fsp3) is 0.423. The van der Waals surface area contributed by atoms with Crippen molar-refractivity contribution in [3.05, 3.63) is 76.4 Å². The lowest BCUT2D eigenvalue weighted by molar-refractivity contribution is -0.135. The Labute approximate surface area is 204 Å². The highest BCUT2D eigenvalue weighted by Gasteiger charge is 2.37. The van der Waals surface area contributed by atoms with E-state index >= 15 is 0 Å². The third kappa shape index (κ3) is 5.29. The van der Waals surface area contributed by atoms with Crippen LogP contribution in [-0.2, 0) is 23.4 Å². The first-order valence-electron chi connectivity index (χ1n) is 12.0. The highest BCUT2D eigenvalue weighted by atomic mass is 32.1. The van der Waals surface area contributed by atoms with E-state index in [1.807, 2.05) is 58.9 Å². The average molecular weight is 478 g/mol. The van der Waals surface area contributed by atoms with Crippen LogP contribution >= 0.6 is 11.3 Å². The van der Waals surface area contributed by atoms with E-state index in [1.165, 1.54) is 0 Å². The van der Waals surface area contributed by atoms with E-state index in [1.54, 1.807) is 11.3 Å². The van der Waals surface area contributed by atoms with Gasteiger partial charge in [0.2, 0.25) is 5.91 Å². The second kappa shape index (κ2) is 10.2. The number of aromatic nitrogens is 2. The molecule has 0 aliphatic carbocycles. The van der Waals surface area contributed by atoms with Gasteiger partial charge < -0.3 is 14.9 Å². The third-order valence-electron chi connectivity index (χ3n) is 6.87. The van der Waals surface area contributed by atoms with Gasteiger partial charge in [0.1, 0.15) is 16.4 Å². The van der Waals surface area contributed by atoms with Crippen molar-refractivity contribution in [2.75, 3.05) is 44.2 Å². The fourth-order valence-electron chi connectivity index (χ4n) is 4.73. The normalized spacial score (nSPS) is 18.7. The molecule has 34 heavy (non-hydrogen) atoms. The number of piperazine rings is 1. The molecule has 2 aliphatic heterocycles. The smallest absolute Gasteiger partial charge is 0.226 e. The number of amides is 1. The van der Waals surface area contributed by atoms with E-state index < -0.39 is 5.60 Å². The maximum absolute atomic E-state index is 12.7. The van der Waals surface area contributed by atoms with Gasteiger partial charge in [0.15, 0.2) is 0 Å². The number of nitrogens with zero attached hydrogens (tertiary/aromatic N) is 5. The lowest BCUT2D eigenvalue weighted by Gasteiger charge is -2.37. The van der Waals surface area contributed by atoms with Crippen LogP contribution in [0.4, 0.5) is 5.82 Å². The van der Waals surface area contributed by atoms with E-state index in [2.05, 4.69) is 20.9 Å². The number of hydrogen-bond acceptors (Lipinski definition) is 7. The summed E-state index contributed by atoms with van der Waals surface area (Å²) in [5.41, 5.74) is 0.837. The van der Waals surface area contributed by atoms with Gasteiger partial charge in [-0.25, -0.2) is 9.97 Å². The highest BCUT2D eigenvalue weighted by molar-refractivity contribution is 7.09. The van der Waals surface area contributed by atoms with Gasteiger partial charge in [0.25, 0.3) is 0 Å². The minimum Gasteiger partial charge on any atom is -0.383 e. The first kappa shape index (κ1) is 23.0. The number of benzene rings is 1. The summed E-state index contributed by atoms with van der Waals surface area (Å²) in [7, 11) is 0. The molecule has 0 saturated carbocycles. The van der Waals surface area contributed by atoms with Crippen LogP contribution in [0.25, 0.3) is 0 Å². The molecule has 178 valence electrons. The van der Waals surface area contributed by atoms with Gasteiger partial charge in [0, 0.05) is 50.8 Å². The molecule has 3 aromatic rings.